The summed E-state index contributed by atoms with van der Waals surface area (Å²) in [4.78, 5) is 23.7. The third-order valence-corrected chi connectivity index (χ3v) is 3.93. The molecule has 2 rings (SSSR count). The van der Waals surface area contributed by atoms with Crippen LogP contribution in [0, 0.1) is 0 Å². The molecule has 0 unspecified atom stereocenters. The van der Waals surface area contributed by atoms with E-state index in [1.807, 2.05) is 18.2 Å². The topological polar surface area (TPSA) is 67.4 Å². The maximum atomic E-state index is 11.9. The van der Waals surface area contributed by atoms with E-state index < -0.39 is 0 Å². The molecule has 0 fully saturated rings. The molecule has 2 aromatic carbocycles. The van der Waals surface area contributed by atoms with E-state index in [2.05, 4.69) is 10.6 Å². The van der Waals surface area contributed by atoms with Gasteiger partial charge in [0.15, 0.2) is 6.61 Å². The van der Waals surface area contributed by atoms with E-state index in [0.717, 1.165) is 5.56 Å². The quantitative estimate of drug-likeness (QED) is 0.773. The van der Waals surface area contributed by atoms with Crippen molar-refractivity contribution in [2.24, 2.45) is 0 Å². The summed E-state index contributed by atoms with van der Waals surface area (Å²) in [7, 11) is 0. The van der Waals surface area contributed by atoms with E-state index in [0.29, 0.717) is 15.8 Å². The third-order valence-electron chi connectivity index (χ3n) is 3.37. The highest BCUT2D eigenvalue weighted by Crippen LogP contribution is 2.25. The van der Waals surface area contributed by atoms with Gasteiger partial charge in [-0.2, -0.15) is 0 Å². The van der Waals surface area contributed by atoms with Crippen molar-refractivity contribution in [3.05, 3.63) is 64.1 Å². The van der Waals surface area contributed by atoms with Gasteiger partial charge in [-0.1, -0.05) is 47.5 Å². The molecule has 1 atom stereocenters. The van der Waals surface area contributed by atoms with Crippen molar-refractivity contribution < 1.29 is 14.3 Å². The Kier molecular flexibility index (Phi) is 7.10. The predicted octanol–water partition coefficient (Wildman–Crippen LogP) is 3.37. The maximum Gasteiger partial charge on any atom is 0.258 e. The van der Waals surface area contributed by atoms with Gasteiger partial charge in [-0.25, -0.2) is 0 Å². The predicted molar refractivity (Wildman–Crippen MR) is 98.0 cm³/mol. The van der Waals surface area contributed by atoms with Crippen molar-refractivity contribution in [3.63, 3.8) is 0 Å². The first-order valence-corrected chi connectivity index (χ1v) is 8.40. The zero-order valence-corrected chi connectivity index (χ0v) is 15.1. The summed E-state index contributed by atoms with van der Waals surface area (Å²) in [5.74, 6) is -0.115. The van der Waals surface area contributed by atoms with Crippen molar-refractivity contribution in [2.75, 3.05) is 13.2 Å². The Bertz CT molecular complexity index is 738. The smallest absolute Gasteiger partial charge is 0.258 e. The number of amides is 2. The number of halogens is 2. The molecule has 25 heavy (non-hydrogen) atoms. The van der Waals surface area contributed by atoms with Crippen LogP contribution in [0.5, 0.6) is 5.75 Å². The first kappa shape index (κ1) is 19.1. The molecular formula is C18H18Cl2N2O3. The Balaban J connectivity index is 1.75. The van der Waals surface area contributed by atoms with E-state index in [4.69, 9.17) is 27.9 Å². The van der Waals surface area contributed by atoms with Crippen LogP contribution in [-0.2, 0) is 9.59 Å². The summed E-state index contributed by atoms with van der Waals surface area (Å²) in [5.41, 5.74) is 0.748. The Morgan fingerprint density at radius 2 is 1.80 bits per heavy atom. The van der Waals surface area contributed by atoms with Crippen LogP contribution in [0.3, 0.4) is 0 Å². The van der Waals surface area contributed by atoms with Gasteiger partial charge in [-0.15, -0.1) is 0 Å². The van der Waals surface area contributed by atoms with Crippen LogP contribution in [0.15, 0.2) is 48.5 Å². The Morgan fingerprint density at radius 3 is 2.48 bits per heavy atom. The zero-order valence-electron chi connectivity index (χ0n) is 13.6. The first-order valence-electron chi connectivity index (χ1n) is 7.64. The van der Waals surface area contributed by atoms with Crippen LogP contribution < -0.4 is 15.4 Å². The molecule has 0 spiro atoms. The van der Waals surface area contributed by atoms with Crippen LogP contribution in [0.1, 0.15) is 18.5 Å². The Hall–Kier alpha value is -2.24. The number of nitrogens with one attached hydrogen (secondary N) is 2. The second kappa shape index (κ2) is 9.30. The number of hydrogen-bond acceptors (Lipinski definition) is 3. The lowest BCUT2D eigenvalue weighted by molar-refractivity contribution is -0.127. The number of benzene rings is 2. The van der Waals surface area contributed by atoms with E-state index in [-0.39, 0.29) is 31.0 Å². The van der Waals surface area contributed by atoms with Crippen molar-refractivity contribution in [1.82, 2.24) is 10.6 Å². The number of ether oxygens (including phenoxy) is 1. The first-order chi connectivity index (χ1) is 12.0. The zero-order chi connectivity index (χ0) is 18.2. The normalized spacial score (nSPS) is 11.5. The highest BCUT2D eigenvalue weighted by Gasteiger charge is 2.13. The summed E-state index contributed by atoms with van der Waals surface area (Å²) < 4.78 is 5.30. The minimum atomic E-state index is -0.379. The van der Waals surface area contributed by atoms with E-state index in [1.165, 1.54) is 0 Å². The summed E-state index contributed by atoms with van der Waals surface area (Å²) >= 11 is 12.0. The van der Waals surface area contributed by atoms with Gasteiger partial charge in [0.25, 0.3) is 5.91 Å². The molecule has 2 amide bonds. The fraction of sp³-hybridized carbons (Fsp3) is 0.222. The standard InChI is InChI=1S/C18H18Cl2N2O3/c1-12(15-8-7-13(19)9-16(15)20)22-17(23)10-21-18(24)11-25-14-5-3-2-4-6-14/h2-9,12H,10-11H2,1H3,(H,21,24)(H,22,23)/t12-/m0/s1. The molecule has 0 aliphatic carbocycles. The summed E-state index contributed by atoms with van der Waals surface area (Å²) in [5, 5.41) is 6.27. The summed E-state index contributed by atoms with van der Waals surface area (Å²) in [6, 6.07) is 13.7. The largest absolute Gasteiger partial charge is 0.484 e. The molecule has 2 aromatic rings. The van der Waals surface area contributed by atoms with E-state index >= 15 is 0 Å². The van der Waals surface area contributed by atoms with Gasteiger partial charge in [0.05, 0.1) is 12.6 Å². The molecule has 2 N–H and O–H groups in total. The lowest BCUT2D eigenvalue weighted by atomic mass is 10.1. The van der Waals surface area contributed by atoms with Crippen LogP contribution >= 0.6 is 23.2 Å². The average molecular weight is 381 g/mol. The fourth-order valence-corrected chi connectivity index (χ4v) is 2.69. The van der Waals surface area contributed by atoms with Crippen LogP contribution in [-0.4, -0.2) is 25.0 Å². The van der Waals surface area contributed by atoms with Crippen molar-refractivity contribution in [2.45, 2.75) is 13.0 Å². The lowest BCUT2D eigenvalue weighted by Crippen LogP contribution is -2.39. The van der Waals surface area contributed by atoms with Gasteiger partial charge in [0.1, 0.15) is 5.75 Å². The number of rotatable bonds is 7. The van der Waals surface area contributed by atoms with Crippen LogP contribution in [0.25, 0.3) is 0 Å². The molecule has 0 bridgehead atoms. The molecule has 5 nitrogen and oxygen atoms in total. The molecule has 0 aliphatic rings. The molecular weight excluding hydrogens is 363 g/mol. The molecule has 132 valence electrons. The molecule has 0 heterocycles. The molecule has 0 aliphatic heterocycles. The second-order valence-electron chi connectivity index (χ2n) is 5.33. The van der Waals surface area contributed by atoms with Gasteiger partial charge >= 0.3 is 0 Å². The minimum absolute atomic E-state index is 0.146. The van der Waals surface area contributed by atoms with Crippen molar-refractivity contribution in [1.29, 1.82) is 0 Å². The molecule has 0 saturated heterocycles. The van der Waals surface area contributed by atoms with Gasteiger partial charge in [0, 0.05) is 10.0 Å². The highest BCUT2D eigenvalue weighted by atomic mass is 35.5. The third kappa shape index (κ3) is 6.29. The van der Waals surface area contributed by atoms with Gasteiger partial charge < -0.3 is 15.4 Å². The monoisotopic (exact) mass is 380 g/mol. The Morgan fingerprint density at radius 1 is 1.08 bits per heavy atom. The van der Waals surface area contributed by atoms with Crippen molar-refractivity contribution in [3.8, 4) is 5.75 Å². The SMILES string of the molecule is C[C@H](NC(=O)CNC(=O)COc1ccccc1)c1ccc(Cl)cc1Cl. The molecule has 7 heteroatoms. The van der Waals surface area contributed by atoms with Crippen molar-refractivity contribution >= 4 is 35.0 Å². The van der Waals surface area contributed by atoms with E-state index in [1.54, 1.807) is 37.3 Å². The average Bonchev–Trinajstić information content (AvgIpc) is 2.59. The fourth-order valence-electron chi connectivity index (χ4n) is 2.12. The van der Waals surface area contributed by atoms with E-state index in [9.17, 15) is 9.59 Å². The van der Waals surface area contributed by atoms with Gasteiger partial charge in [-0.3, -0.25) is 9.59 Å². The number of carbonyl (C=O) groups is 2. The molecule has 0 saturated carbocycles. The maximum absolute atomic E-state index is 11.9. The number of para-hydroxylation sites is 1. The highest BCUT2D eigenvalue weighted by molar-refractivity contribution is 6.35. The van der Waals surface area contributed by atoms with Crippen LogP contribution in [0.4, 0.5) is 0 Å². The van der Waals surface area contributed by atoms with Crippen LogP contribution in [0.2, 0.25) is 10.0 Å². The number of carbonyl (C=O) groups excluding carboxylic acids is 2. The number of hydrogen-bond donors (Lipinski definition) is 2. The second-order valence-corrected chi connectivity index (χ2v) is 6.18. The van der Waals surface area contributed by atoms with Gasteiger partial charge in [0.2, 0.25) is 5.91 Å². The Labute approximate surface area is 156 Å². The molecule has 0 aromatic heterocycles. The van der Waals surface area contributed by atoms with Gasteiger partial charge in [-0.05, 0) is 36.8 Å². The summed E-state index contributed by atoms with van der Waals surface area (Å²) in [6.07, 6.45) is 0. The lowest BCUT2D eigenvalue weighted by Gasteiger charge is -2.16. The minimum Gasteiger partial charge on any atom is -0.484 e. The summed E-state index contributed by atoms with van der Waals surface area (Å²) in [6.45, 7) is 1.50. The molecule has 0 radical (unpaired) electrons.